The SMILES string of the molecule is C=CCN1C[C@H](C(=O)N(CCCN(C)C)C(=O)NCC)C[C@@H]2c3cccc4[nH]cc(c34)C[C@H]21.COc1ccc2cccc(CCNC(C)=O)c2c1. The van der Waals surface area contributed by atoms with E-state index >= 15 is 0 Å². The first-order valence-electron chi connectivity index (χ1n) is 18.1. The van der Waals surface area contributed by atoms with Gasteiger partial charge < -0.3 is 25.3 Å². The van der Waals surface area contributed by atoms with Gasteiger partial charge in [0.15, 0.2) is 0 Å². The average molecular weight is 695 g/mol. The number of nitrogens with zero attached hydrogens (tertiary/aromatic N) is 3. The molecule has 2 aliphatic rings. The number of carbonyl (C=O) groups excluding carboxylic acids is 3. The van der Waals surface area contributed by atoms with Gasteiger partial charge in [-0.15, -0.1) is 6.58 Å². The molecule has 0 spiro atoms. The Labute approximate surface area is 302 Å². The molecule has 10 heteroatoms. The Kier molecular flexibility index (Phi) is 12.9. The summed E-state index contributed by atoms with van der Waals surface area (Å²) in [5.41, 5.74) is 5.06. The molecule has 0 radical (unpaired) electrons. The molecule has 1 aliphatic heterocycles. The highest BCUT2D eigenvalue weighted by Gasteiger charge is 2.44. The number of methoxy groups -OCH3 is 1. The molecule has 4 aromatic rings. The summed E-state index contributed by atoms with van der Waals surface area (Å²) in [6, 6.07) is 18.8. The van der Waals surface area contributed by atoms with Crippen molar-refractivity contribution < 1.29 is 19.1 Å². The summed E-state index contributed by atoms with van der Waals surface area (Å²) in [4.78, 5) is 46.8. The molecule has 3 atom stereocenters. The molecule has 3 aromatic carbocycles. The first-order chi connectivity index (χ1) is 24.6. The van der Waals surface area contributed by atoms with Crippen molar-refractivity contribution in [3.05, 3.63) is 90.1 Å². The van der Waals surface area contributed by atoms with Crippen LogP contribution in [-0.2, 0) is 22.4 Å². The van der Waals surface area contributed by atoms with E-state index in [4.69, 9.17) is 4.74 Å². The molecule has 4 amide bonds. The third-order valence-electron chi connectivity index (χ3n) is 10.1. The zero-order chi connectivity index (χ0) is 36.5. The van der Waals surface area contributed by atoms with Crippen molar-refractivity contribution in [3.8, 4) is 5.75 Å². The minimum atomic E-state index is -0.280. The number of ether oxygens (including phenoxy) is 1. The lowest BCUT2D eigenvalue weighted by molar-refractivity contribution is -0.135. The number of piperidine rings is 1. The Morgan fingerprint density at radius 1 is 1.08 bits per heavy atom. The summed E-state index contributed by atoms with van der Waals surface area (Å²) in [6.07, 6.45) is 7.38. The molecule has 1 aromatic heterocycles. The van der Waals surface area contributed by atoms with Crippen molar-refractivity contribution in [1.82, 2.24) is 30.3 Å². The Morgan fingerprint density at radius 2 is 1.88 bits per heavy atom. The van der Waals surface area contributed by atoms with Crippen molar-refractivity contribution in [2.75, 3.05) is 60.5 Å². The molecule has 6 rings (SSSR count). The van der Waals surface area contributed by atoms with E-state index in [1.165, 1.54) is 44.7 Å². The zero-order valence-corrected chi connectivity index (χ0v) is 30.8. The number of aromatic nitrogens is 1. The van der Waals surface area contributed by atoms with E-state index in [2.05, 4.69) is 74.6 Å². The fourth-order valence-electron chi connectivity index (χ4n) is 7.71. The lowest BCUT2D eigenvalue weighted by Crippen LogP contribution is -2.55. The molecule has 1 aliphatic carbocycles. The van der Waals surface area contributed by atoms with Crippen molar-refractivity contribution in [3.63, 3.8) is 0 Å². The predicted molar refractivity (Wildman–Crippen MR) is 205 cm³/mol. The Balaban J connectivity index is 0.000000236. The monoisotopic (exact) mass is 694 g/mol. The smallest absolute Gasteiger partial charge is 0.324 e. The number of nitrogens with one attached hydrogen (secondary N) is 3. The van der Waals surface area contributed by atoms with Gasteiger partial charge in [-0.05, 0) is 98.9 Å². The van der Waals surface area contributed by atoms with E-state index in [-0.39, 0.29) is 29.7 Å². The molecular formula is C41H54N6O4. The topological polar surface area (TPSA) is 110 Å². The quantitative estimate of drug-likeness (QED) is 0.164. The van der Waals surface area contributed by atoms with Crippen LogP contribution in [0.3, 0.4) is 0 Å². The first kappa shape index (κ1) is 37.6. The second kappa shape index (κ2) is 17.5. The van der Waals surface area contributed by atoms with E-state index in [0.29, 0.717) is 32.2 Å². The van der Waals surface area contributed by atoms with Gasteiger partial charge in [-0.3, -0.25) is 19.4 Å². The molecule has 0 bridgehead atoms. The van der Waals surface area contributed by atoms with Gasteiger partial charge in [0.2, 0.25) is 11.8 Å². The Hall–Kier alpha value is -4.67. The first-order valence-corrected chi connectivity index (χ1v) is 18.1. The van der Waals surface area contributed by atoms with Crippen molar-refractivity contribution in [2.24, 2.45) is 5.92 Å². The summed E-state index contributed by atoms with van der Waals surface area (Å²) in [5.74, 6) is 0.850. The number of amides is 4. The van der Waals surface area contributed by atoms with E-state index in [0.717, 1.165) is 50.0 Å². The molecule has 1 fully saturated rings. The number of fused-ring (bicyclic) bond motifs is 3. The van der Waals surface area contributed by atoms with Crippen LogP contribution in [0.5, 0.6) is 5.75 Å². The number of carbonyl (C=O) groups is 3. The number of benzene rings is 3. The van der Waals surface area contributed by atoms with Gasteiger partial charge in [0.25, 0.3) is 0 Å². The minimum absolute atomic E-state index is 0.00724. The van der Waals surface area contributed by atoms with Crippen LogP contribution in [0, 0.1) is 5.92 Å². The maximum absolute atomic E-state index is 13.7. The minimum Gasteiger partial charge on any atom is -0.497 e. The van der Waals surface area contributed by atoms with Gasteiger partial charge in [-0.25, -0.2) is 4.79 Å². The number of hydrogen-bond acceptors (Lipinski definition) is 6. The number of likely N-dealkylation sites (tertiary alicyclic amines) is 1. The van der Waals surface area contributed by atoms with Gasteiger partial charge in [0.1, 0.15) is 5.75 Å². The van der Waals surface area contributed by atoms with Crippen LogP contribution in [0.4, 0.5) is 4.79 Å². The van der Waals surface area contributed by atoms with Crippen LogP contribution in [-0.4, -0.2) is 104 Å². The molecule has 1 saturated heterocycles. The van der Waals surface area contributed by atoms with Crippen LogP contribution in [0.25, 0.3) is 21.7 Å². The highest BCUT2D eigenvalue weighted by molar-refractivity contribution is 5.96. The van der Waals surface area contributed by atoms with E-state index in [9.17, 15) is 14.4 Å². The summed E-state index contributed by atoms with van der Waals surface area (Å²) < 4.78 is 5.25. The number of aromatic amines is 1. The largest absolute Gasteiger partial charge is 0.497 e. The lowest BCUT2D eigenvalue weighted by atomic mass is 9.72. The van der Waals surface area contributed by atoms with Crippen LogP contribution < -0.4 is 15.4 Å². The normalized spacial score (nSPS) is 18.0. The molecule has 2 heterocycles. The summed E-state index contributed by atoms with van der Waals surface area (Å²) >= 11 is 0. The lowest BCUT2D eigenvalue weighted by Gasteiger charge is -2.47. The molecule has 10 nitrogen and oxygen atoms in total. The van der Waals surface area contributed by atoms with Gasteiger partial charge in [-0.1, -0.05) is 42.5 Å². The van der Waals surface area contributed by atoms with Gasteiger partial charge >= 0.3 is 6.03 Å². The fraction of sp³-hybridized carbons (Fsp3) is 0.439. The van der Waals surface area contributed by atoms with E-state index in [1.54, 1.807) is 7.11 Å². The number of imide groups is 1. The second-order valence-electron chi connectivity index (χ2n) is 13.9. The third-order valence-corrected chi connectivity index (χ3v) is 10.1. The second-order valence-corrected chi connectivity index (χ2v) is 13.9. The molecule has 3 N–H and O–H groups in total. The average Bonchev–Trinajstić information content (AvgIpc) is 3.54. The molecule has 272 valence electrons. The van der Waals surface area contributed by atoms with E-state index in [1.807, 2.05) is 45.3 Å². The highest BCUT2D eigenvalue weighted by atomic mass is 16.5. The number of hydrogen-bond donors (Lipinski definition) is 3. The number of urea groups is 1. The molecule has 0 unspecified atom stereocenters. The molecule has 0 saturated carbocycles. The van der Waals surface area contributed by atoms with E-state index < -0.39 is 0 Å². The van der Waals surface area contributed by atoms with Crippen LogP contribution in [0.2, 0.25) is 0 Å². The van der Waals surface area contributed by atoms with Crippen LogP contribution >= 0.6 is 0 Å². The molecule has 51 heavy (non-hydrogen) atoms. The van der Waals surface area contributed by atoms with Gasteiger partial charge in [0, 0.05) is 68.7 Å². The van der Waals surface area contributed by atoms with Crippen molar-refractivity contribution in [1.29, 1.82) is 0 Å². The predicted octanol–water partition coefficient (Wildman–Crippen LogP) is 5.72. The third kappa shape index (κ3) is 8.98. The summed E-state index contributed by atoms with van der Waals surface area (Å²) in [7, 11) is 5.68. The molecular weight excluding hydrogens is 640 g/mol. The Bertz CT molecular complexity index is 1830. The maximum atomic E-state index is 13.7. The van der Waals surface area contributed by atoms with Crippen LogP contribution in [0.1, 0.15) is 49.3 Å². The van der Waals surface area contributed by atoms with Crippen LogP contribution in [0.15, 0.2) is 73.4 Å². The summed E-state index contributed by atoms with van der Waals surface area (Å²) in [5, 5.41) is 9.35. The maximum Gasteiger partial charge on any atom is 0.324 e. The zero-order valence-electron chi connectivity index (χ0n) is 30.8. The van der Waals surface area contributed by atoms with Gasteiger partial charge in [-0.2, -0.15) is 0 Å². The number of H-pyrrole nitrogens is 1. The number of rotatable bonds is 12. The highest BCUT2D eigenvalue weighted by Crippen LogP contribution is 2.45. The van der Waals surface area contributed by atoms with Crippen molar-refractivity contribution >= 4 is 39.5 Å². The van der Waals surface area contributed by atoms with Crippen molar-refractivity contribution in [2.45, 2.75) is 51.5 Å². The standard InChI is InChI=1S/C26H37N5O2.C15H17NO2/c1-5-11-30-17-19(25(32)31(26(33)27-6-2)13-8-12-29(3)4)14-21-20-9-7-10-22-24(20)18(16-28-22)15-23(21)30;1-11(17)16-9-8-13-5-3-4-12-6-7-14(18-2)10-15(12)13/h5,7,9-10,16,19,21,23,28H,1,6,8,11-15,17H2,2-4H3,(H,27,33);3-7,10H,8-9H2,1-2H3,(H,16,17)/t19-,21-,23-;/m1./s1. The fourth-order valence-corrected chi connectivity index (χ4v) is 7.71. The summed E-state index contributed by atoms with van der Waals surface area (Å²) in [6.45, 7) is 11.2. The Morgan fingerprint density at radius 3 is 2.61 bits per heavy atom. The van der Waals surface area contributed by atoms with Gasteiger partial charge in [0.05, 0.1) is 13.0 Å².